The first kappa shape index (κ1) is 10.4. The van der Waals surface area contributed by atoms with E-state index in [9.17, 15) is 5.11 Å². The van der Waals surface area contributed by atoms with Gasteiger partial charge in [0.25, 0.3) is 0 Å². The molecule has 0 saturated heterocycles. The molecule has 0 saturated carbocycles. The van der Waals surface area contributed by atoms with E-state index in [0.29, 0.717) is 11.6 Å². The Morgan fingerprint density at radius 2 is 2.15 bits per heavy atom. The highest BCUT2D eigenvalue weighted by atomic mass is 35.5. The number of halogens is 1. The first-order valence-corrected chi connectivity index (χ1v) is 4.63. The van der Waals surface area contributed by atoms with E-state index in [1.54, 1.807) is 12.1 Å². The largest absolute Gasteiger partial charge is 0.508 e. The summed E-state index contributed by atoms with van der Waals surface area (Å²) in [5.41, 5.74) is 7.21. The summed E-state index contributed by atoms with van der Waals surface area (Å²) >= 11 is 5.93. The molecule has 0 amide bonds. The lowest BCUT2D eigenvalue weighted by Gasteiger charge is -2.12. The minimum atomic E-state index is 0.137. The van der Waals surface area contributed by atoms with E-state index in [-0.39, 0.29) is 11.7 Å². The summed E-state index contributed by atoms with van der Waals surface area (Å²) in [5.74, 6) is 0.415. The Bertz CT molecular complexity index is 312. The standard InChI is InChI=1S/C10H14ClNO/c1-6-3-10(13)8(4-9(6)11)7(2)5-12/h3-4,7,13H,5,12H2,1-2H3. The Labute approximate surface area is 83.3 Å². The molecule has 3 N–H and O–H groups in total. The van der Waals surface area contributed by atoms with E-state index >= 15 is 0 Å². The summed E-state index contributed by atoms with van der Waals surface area (Å²) in [5, 5.41) is 10.3. The molecule has 0 radical (unpaired) electrons. The van der Waals surface area contributed by atoms with Gasteiger partial charge >= 0.3 is 0 Å². The Kier molecular flexibility index (Phi) is 3.17. The van der Waals surface area contributed by atoms with Gasteiger partial charge in [-0.05, 0) is 42.6 Å². The maximum absolute atomic E-state index is 9.60. The molecule has 1 unspecified atom stereocenters. The van der Waals surface area contributed by atoms with Crippen molar-refractivity contribution < 1.29 is 5.11 Å². The lowest BCUT2D eigenvalue weighted by Crippen LogP contribution is -2.09. The van der Waals surface area contributed by atoms with Crippen LogP contribution in [0.25, 0.3) is 0 Å². The molecule has 0 aliphatic rings. The average molecular weight is 200 g/mol. The molecule has 0 fully saturated rings. The van der Waals surface area contributed by atoms with Crippen molar-refractivity contribution in [3.63, 3.8) is 0 Å². The van der Waals surface area contributed by atoms with Crippen molar-refractivity contribution >= 4 is 11.6 Å². The fraction of sp³-hybridized carbons (Fsp3) is 0.400. The van der Waals surface area contributed by atoms with Crippen molar-refractivity contribution in [2.75, 3.05) is 6.54 Å². The first-order valence-electron chi connectivity index (χ1n) is 4.25. The third kappa shape index (κ3) is 2.14. The van der Waals surface area contributed by atoms with Gasteiger partial charge in [0.15, 0.2) is 0 Å². The number of aryl methyl sites for hydroxylation is 1. The summed E-state index contributed by atoms with van der Waals surface area (Å²) in [7, 11) is 0. The van der Waals surface area contributed by atoms with Crippen molar-refractivity contribution in [1.82, 2.24) is 0 Å². The van der Waals surface area contributed by atoms with E-state index in [2.05, 4.69) is 0 Å². The zero-order valence-corrected chi connectivity index (χ0v) is 8.60. The van der Waals surface area contributed by atoms with Crippen LogP contribution in [-0.2, 0) is 0 Å². The molecular formula is C10H14ClNO. The van der Waals surface area contributed by atoms with E-state index in [4.69, 9.17) is 17.3 Å². The molecule has 72 valence electrons. The van der Waals surface area contributed by atoms with Gasteiger partial charge in [-0.25, -0.2) is 0 Å². The number of hydrogen-bond acceptors (Lipinski definition) is 2. The monoisotopic (exact) mass is 199 g/mol. The van der Waals surface area contributed by atoms with Gasteiger partial charge in [-0.15, -0.1) is 0 Å². The lowest BCUT2D eigenvalue weighted by molar-refractivity contribution is 0.463. The molecule has 2 nitrogen and oxygen atoms in total. The summed E-state index contributed by atoms with van der Waals surface area (Å²) in [4.78, 5) is 0. The number of hydrogen-bond donors (Lipinski definition) is 2. The van der Waals surface area contributed by atoms with Crippen LogP contribution in [0.3, 0.4) is 0 Å². The fourth-order valence-corrected chi connectivity index (χ4v) is 1.38. The van der Waals surface area contributed by atoms with Crippen molar-refractivity contribution in [1.29, 1.82) is 0 Å². The number of benzene rings is 1. The van der Waals surface area contributed by atoms with E-state index in [0.717, 1.165) is 11.1 Å². The fourth-order valence-electron chi connectivity index (χ4n) is 1.20. The Hall–Kier alpha value is -0.730. The van der Waals surface area contributed by atoms with Crippen LogP contribution in [0.1, 0.15) is 24.0 Å². The van der Waals surface area contributed by atoms with E-state index in [1.807, 2.05) is 13.8 Å². The van der Waals surface area contributed by atoms with Crippen LogP contribution in [0.5, 0.6) is 5.75 Å². The third-order valence-corrected chi connectivity index (χ3v) is 2.60. The average Bonchev–Trinajstić information content (AvgIpc) is 2.10. The van der Waals surface area contributed by atoms with E-state index in [1.165, 1.54) is 0 Å². The predicted molar refractivity (Wildman–Crippen MR) is 55.3 cm³/mol. The zero-order chi connectivity index (χ0) is 10.0. The summed E-state index contributed by atoms with van der Waals surface area (Å²) < 4.78 is 0. The zero-order valence-electron chi connectivity index (χ0n) is 7.84. The minimum absolute atomic E-state index is 0.137. The third-order valence-electron chi connectivity index (χ3n) is 2.19. The summed E-state index contributed by atoms with van der Waals surface area (Å²) in [6, 6.07) is 3.45. The number of rotatable bonds is 2. The van der Waals surface area contributed by atoms with Gasteiger partial charge in [-0.1, -0.05) is 18.5 Å². The van der Waals surface area contributed by atoms with Crippen molar-refractivity contribution in [2.45, 2.75) is 19.8 Å². The molecule has 3 heteroatoms. The Balaban J connectivity index is 3.15. The van der Waals surface area contributed by atoms with Crippen LogP contribution in [0, 0.1) is 6.92 Å². The second kappa shape index (κ2) is 3.99. The van der Waals surface area contributed by atoms with Crippen LogP contribution in [0.15, 0.2) is 12.1 Å². The molecule has 1 aromatic rings. The van der Waals surface area contributed by atoms with Crippen molar-refractivity contribution in [2.24, 2.45) is 5.73 Å². The topological polar surface area (TPSA) is 46.2 Å². The Morgan fingerprint density at radius 1 is 1.54 bits per heavy atom. The molecule has 0 aliphatic heterocycles. The lowest BCUT2D eigenvalue weighted by atomic mass is 9.99. The van der Waals surface area contributed by atoms with Gasteiger partial charge in [0, 0.05) is 5.02 Å². The van der Waals surface area contributed by atoms with Gasteiger partial charge in [0.05, 0.1) is 0 Å². The molecule has 1 rings (SSSR count). The molecular weight excluding hydrogens is 186 g/mol. The maximum Gasteiger partial charge on any atom is 0.119 e. The first-order chi connectivity index (χ1) is 6.06. The van der Waals surface area contributed by atoms with Crippen LogP contribution in [0.4, 0.5) is 0 Å². The molecule has 0 aliphatic carbocycles. The van der Waals surface area contributed by atoms with Crippen molar-refractivity contribution in [3.8, 4) is 5.75 Å². The van der Waals surface area contributed by atoms with E-state index < -0.39 is 0 Å². The number of aromatic hydroxyl groups is 1. The van der Waals surface area contributed by atoms with Crippen LogP contribution < -0.4 is 5.73 Å². The summed E-state index contributed by atoms with van der Waals surface area (Å²) in [6.07, 6.45) is 0. The van der Waals surface area contributed by atoms with Crippen molar-refractivity contribution in [3.05, 3.63) is 28.3 Å². The SMILES string of the molecule is Cc1cc(O)c(C(C)CN)cc1Cl. The van der Waals surface area contributed by atoms with Gasteiger partial charge in [0.2, 0.25) is 0 Å². The number of phenolic OH excluding ortho intramolecular Hbond substituents is 1. The number of phenols is 1. The highest BCUT2D eigenvalue weighted by molar-refractivity contribution is 6.31. The molecule has 0 bridgehead atoms. The van der Waals surface area contributed by atoms with Gasteiger partial charge in [-0.2, -0.15) is 0 Å². The second-order valence-corrected chi connectivity index (χ2v) is 3.70. The number of nitrogens with two attached hydrogens (primary N) is 1. The molecule has 13 heavy (non-hydrogen) atoms. The van der Waals surface area contributed by atoms with Crippen LogP contribution >= 0.6 is 11.6 Å². The van der Waals surface area contributed by atoms with Gasteiger partial charge in [-0.3, -0.25) is 0 Å². The van der Waals surface area contributed by atoms with Gasteiger partial charge < -0.3 is 10.8 Å². The maximum atomic E-state index is 9.60. The minimum Gasteiger partial charge on any atom is -0.508 e. The molecule has 0 aromatic heterocycles. The molecule has 1 atom stereocenters. The highest BCUT2D eigenvalue weighted by Gasteiger charge is 2.10. The Morgan fingerprint density at radius 3 is 2.69 bits per heavy atom. The molecule has 0 heterocycles. The normalized spacial score (nSPS) is 12.9. The van der Waals surface area contributed by atoms with Crippen LogP contribution in [-0.4, -0.2) is 11.7 Å². The molecule has 0 spiro atoms. The second-order valence-electron chi connectivity index (χ2n) is 3.30. The van der Waals surface area contributed by atoms with Gasteiger partial charge in [0.1, 0.15) is 5.75 Å². The smallest absolute Gasteiger partial charge is 0.119 e. The quantitative estimate of drug-likeness (QED) is 0.769. The van der Waals surface area contributed by atoms with Crippen LogP contribution in [0.2, 0.25) is 5.02 Å². The molecule has 1 aromatic carbocycles. The predicted octanol–water partition coefficient (Wildman–Crippen LogP) is 2.42. The highest BCUT2D eigenvalue weighted by Crippen LogP contribution is 2.30. The summed E-state index contributed by atoms with van der Waals surface area (Å²) in [6.45, 7) is 4.33.